The van der Waals surface area contributed by atoms with Crippen LogP contribution < -0.4 is 0 Å². The highest BCUT2D eigenvalue weighted by atomic mass is 16.6. The average molecular weight is 487 g/mol. The third-order valence-corrected chi connectivity index (χ3v) is 6.13. The van der Waals surface area contributed by atoms with Gasteiger partial charge in [-0.3, -0.25) is 4.79 Å². The zero-order valence-electron chi connectivity index (χ0n) is 20.3. The van der Waals surface area contributed by atoms with Gasteiger partial charge < -0.3 is 29.8 Å². The molecule has 2 atom stereocenters. The molecule has 1 aromatic carbocycles. The van der Waals surface area contributed by atoms with E-state index >= 15 is 0 Å². The molecule has 9 heteroatoms. The van der Waals surface area contributed by atoms with Crippen molar-refractivity contribution in [3.05, 3.63) is 47.1 Å². The Morgan fingerprint density at radius 3 is 2.66 bits per heavy atom. The minimum absolute atomic E-state index is 0.0208. The predicted molar refractivity (Wildman–Crippen MR) is 130 cm³/mol. The Kier molecular flexibility index (Phi) is 9.31. The Labute approximate surface area is 205 Å². The number of hydrogen-bond acceptors (Lipinski definition) is 8. The summed E-state index contributed by atoms with van der Waals surface area (Å²) >= 11 is 0. The Bertz CT molecular complexity index is 1010. The maximum absolute atomic E-state index is 12.9. The molecule has 0 radical (unpaired) electrons. The Hall–Kier alpha value is -3.33. The molecule has 1 saturated heterocycles. The molecule has 2 aliphatic heterocycles. The molecular formula is C26H34N2O7. The number of carbonyl (C=O) groups excluding carboxylic acids is 2. The number of likely N-dealkylation sites (tertiary alicyclic amines) is 1. The lowest BCUT2D eigenvalue weighted by atomic mass is 9.94. The first kappa shape index (κ1) is 26.3. The number of nitrogens with zero attached hydrogens (tertiary/aromatic N) is 2. The van der Waals surface area contributed by atoms with E-state index in [1.807, 2.05) is 0 Å². The number of esters is 1. The normalized spacial score (nSPS) is 24.7. The first-order chi connectivity index (χ1) is 16.8. The van der Waals surface area contributed by atoms with Crippen LogP contribution in [0, 0.1) is 6.92 Å². The van der Waals surface area contributed by atoms with E-state index in [9.17, 15) is 24.9 Å². The third kappa shape index (κ3) is 7.32. The second kappa shape index (κ2) is 12.4. The van der Waals surface area contributed by atoms with Gasteiger partial charge in [0.25, 0.3) is 5.91 Å². The zero-order valence-corrected chi connectivity index (χ0v) is 20.3. The van der Waals surface area contributed by atoms with E-state index in [0.717, 1.165) is 25.3 Å². The minimum Gasteiger partial charge on any atom is -0.508 e. The van der Waals surface area contributed by atoms with Crippen LogP contribution in [0.15, 0.2) is 35.5 Å². The molecule has 0 aromatic heterocycles. The van der Waals surface area contributed by atoms with Gasteiger partial charge >= 0.3 is 5.97 Å². The fraction of sp³-hybridized carbons (Fsp3) is 0.500. The molecule has 0 spiro atoms. The van der Waals surface area contributed by atoms with Gasteiger partial charge in [0.05, 0.1) is 11.8 Å². The van der Waals surface area contributed by atoms with Gasteiger partial charge in [-0.25, -0.2) is 4.79 Å². The number of allylic oxidation sites excluding steroid dienone is 1. The highest BCUT2D eigenvalue weighted by Gasteiger charge is 2.25. The van der Waals surface area contributed by atoms with Crippen LogP contribution in [0.25, 0.3) is 0 Å². The van der Waals surface area contributed by atoms with Crippen LogP contribution >= 0.6 is 0 Å². The fourth-order valence-electron chi connectivity index (χ4n) is 4.10. The fourth-order valence-corrected chi connectivity index (χ4v) is 4.10. The molecule has 190 valence electrons. The molecule has 0 unspecified atom stereocenters. The maximum Gasteiger partial charge on any atom is 0.342 e. The second-order valence-electron chi connectivity index (χ2n) is 8.95. The van der Waals surface area contributed by atoms with Crippen molar-refractivity contribution in [1.82, 2.24) is 4.90 Å². The lowest BCUT2D eigenvalue weighted by Crippen LogP contribution is -2.37. The van der Waals surface area contributed by atoms with Crippen molar-refractivity contribution in [3.63, 3.8) is 0 Å². The number of benzene rings is 1. The molecular weight excluding hydrogens is 452 g/mol. The van der Waals surface area contributed by atoms with Crippen molar-refractivity contribution in [3.8, 4) is 11.5 Å². The van der Waals surface area contributed by atoms with Gasteiger partial charge in [-0.15, -0.1) is 0 Å². The van der Waals surface area contributed by atoms with E-state index in [2.05, 4.69) is 5.16 Å². The number of fused-ring (bicyclic) bond motifs is 1. The summed E-state index contributed by atoms with van der Waals surface area (Å²) in [5.74, 6) is -1.46. The highest BCUT2D eigenvalue weighted by molar-refractivity contribution is 6.01. The van der Waals surface area contributed by atoms with Gasteiger partial charge in [-0.2, -0.15) is 0 Å². The highest BCUT2D eigenvalue weighted by Crippen LogP contribution is 2.33. The number of aliphatic hydroxyl groups excluding tert-OH is 1. The van der Waals surface area contributed by atoms with Crippen LogP contribution in [0.5, 0.6) is 11.5 Å². The number of phenols is 2. The number of ether oxygens (including phenoxy) is 1. The van der Waals surface area contributed by atoms with E-state index in [1.54, 1.807) is 43.1 Å². The molecule has 2 aliphatic rings. The zero-order chi connectivity index (χ0) is 25.4. The van der Waals surface area contributed by atoms with Crippen LogP contribution in [0.1, 0.15) is 60.5 Å². The van der Waals surface area contributed by atoms with Gasteiger partial charge in [0.1, 0.15) is 23.2 Å². The molecule has 9 nitrogen and oxygen atoms in total. The Balaban J connectivity index is 1.91. The molecule has 0 aliphatic carbocycles. The van der Waals surface area contributed by atoms with E-state index < -0.39 is 23.9 Å². The van der Waals surface area contributed by atoms with Gasteiger partial charge in [0.15, 0.2) is 6.61 Å². The largest absolute Gasteiger partial charge is 0.508 e. The van der Waals surface area contributed by atoms with Gasteiger partial charge in [0.2, 0.25) is 0 Å². The Morgan fingerprint density at radius 2 is 1.91 bits per heavy atom. The topological polar surface area (TPSA) is 129 Å². The first-order valence-corrected chi connectivity index (χ1v) is 12.0. The molecule has 3 N–H and O–H groups in total. The third-order valence-electron chi connectivity index (χ3n) is 6.13. The molecule has 1 fully saturated rings. The second-order valence-corrected chi connectivity index (χ2v) is 8.95. The SMILES string of the molecule is Cc1c(O)cc(O)c2c1CC(=N\OCC(=O)N1CCCCC1)/C=C/C[C@@H](O)/C=C/C[C@@H](C)OC2=O. The molecule has 0 saturated carbocycles. The van der Waals surface area contributed by atoms with E-state index in [0.29, 0.717) is 42.8 Å². The lowest BCUT2D eigenvalue weighted by Gasteiger charge is -2.26. The minimum atomic E-state index is -0.734. The number of phenolic OH excluding ortho intramolecular Hbond substituents is 2. The first-order valence-electron chi connectivity index (χ1n) is 12.0. The molecule has 1 amide bonds. The number of aromatic hydroxyl groups is 2. The van der Waals surface area contributed by atoms with Crippen molar-refractivity contribution < 1.29 is 34.5 Å². The van der Waals surface area contributed by atoms with Crippen LogP contribution in [0.3, 0.4) is 0 Å². The monoisotopic (exact) mass is 486 g/mol. The van der Waals surface area contributed by atoms with E-state index in [1.165, 1.54) is 0 Å². The number of cyclic esters (lactones) is 1. The number of piperidine rings is 1. The van der Waals surface area contributed by atoms with Crippen molar-refractivity contribution >= 4 is 17.6 Å². The quantitative estimate of drug-likeness (QED) is 0.340. The van der Waals surface area contributed by atoms with Crippen LogP contribution in [-0.4, -0.2) is 69.7 Å². The van der Waals surface area contributed by atoms with Gasteiger partial charge in [0, 0.05) is 32.0 Å². The maximum atomic E-state index is 12.9. The van der Waals surface area contributed by atoms with Crippen molar-refractivity contribution in [1.29, 1.82) is 0 Å². The summed E-state index contributed by atoms with van der Waals surface area (Å²) in [6, 6.07) is 1.11. The van der Waals surface area contributed by atoms with E-state index in [-0.39, 0.29) is 30.2 Å². The van der Waals surface area contributed by atoms with Crippen molar-refractivity contribution in [2.75, 3.05) is 19.7 Å². The number of amides is 1. The number of rotatable bonds is 3. The predicted octanol–water partition coefficient (Wildman–Crippen LogP) is 3.15. The number of aliphatic hydroxyl groups is 1. The molecule has 3 rings (SSSR count). The lowest BCUT2D eigenvalue weighted by molar-refractivity contribution is -0.137. The van der Waals surface area contributed by atoms with Gasteiger partial charge in [-0.05, 0) is 56.7 Å². The van der Waals surface area contributed by atoms with Crippen LogP contribution in [-0.2, 0) is 20.8 Å². The summed E-state index contributed by atoms with van der Waals surface area (Å²) < 4.78 is 5.49. The number of oxime groups is 1. The molecule has 0 bridgehead atoms. The molecule has 35 heavy (non-hydrogen) atoms. The van der Waals surface area contributed by atoms with Crippen LogP contribution in [0.2, 0.25) is 0 Å². The van der Waals surface area contributed by atoms with Crippen LogP contribution in [0.4, 0.5) is 0 Å². The van der Waals surface area contributed by atoms with E-state index in [4.69, 9.17) is 9.57 Å². The van der Waals surface area contributed by atoms with Crippen molar-refractivity contribution in [2.24, 2.45) is 5.16 Å². The smallest absolute Gasteiger partial charge is 0.342 e. The summed E-state index contributed by atoms with van der Waals surface area (Å²) in [6.45, 7) is 4.53. The summed E-state index contributed by atoms with van der Waals surface area (Å²) in [5.41, 5.74) is 1.01. The summed E-state index contributed by atoms with van der Waals surface area (Å²) in [7, 11) is 0. The van der Waals surface area contributed by atoms with Crippen molar-refractivity contribution in [2.45, 2.75) is 64.6 Å². The van der Waals surface area contributed by atoms with Gasteiger partial charge in [-0.1, -0.05) is 23.4 Å². The Morgan fingerprint density at radius 1 is 1.17 bits per heavy atom. The summed E-state index contributed by atoms with van der Waals surface area (Å²) in [4.78, 5) is 32.5. The number of hydrogen-bond donors (Lipinski definition) is 3. The summed E-state index contributed by atoms with van der Waals surface area (Å²) in [6.07, 6.45) is 9.25. The molecule has 2 heterocycles. The molecule has 1 aromatic rings. The average Bonchev–Trinajstić information content (AvgIpc) is 2.82. The number of carbonyl (C=O) groups is 2. The summed E-state index contributed by atoms with van der Waals surface area (Å²) in [5, 5.41) is 35.1. The standard InChI is InChI=1S/C26H34N2O7/c1-17-8-6-10-20(29)11-7-9-19(27-34-16-24(32)28-12-4-3-5-13-28)14-21-18(2)22(30)15-23(31)25(21)26(33)35-17/h6-7,9-10,15,17,20,29-31H,3-5,8,11-14,16H2,1-2H3/b9-7+,10-6+,27-19-/t17-,20+/m1/s1.